The maximum atomic E-state index is 13.0. The molecular weight excluding hydrogens is 422 g/mol. The molecule has 0 aromatic carbocycles. The number of aryl methyl sites for hydroxylation is 1. The molecule has 1 aliphatic heterocycles. The minimum absolute atomic E-state index is 0.0424. The summed E-state index contributed by atoms with van der Waals surface area (Å²) in [6, 6.07) is 9.25. The number of amides is 1. The zero-order chi connectivity index (χ0) is 21.1. The lowest BCUT2D eigenvalue weighted by molar-refractivity contribution is -0.126. The number of aromatic nitrogens is 3. The Morgan fingerprint density at radius 2 is 2.00 bits per heavy atom. The van der Waals surface area contributed by atoms with E-state index >= 15 is 0 Å². The third kappa shape index (κ3) is 4.30. The van der Waals surface area contributed by atoms with Crippen molar-refractivity contribution >= 4 is 27.3 Å². The van der Waals surface area contributed by atoms with Crippen molar-refractivity contribution in [1.29, 1.82) is 0 Å². The van der Waals surface area contributed by atoms with E-state index in [1.165, 1.54) is 16.8 Å². The van der Waals surface area contributed by atoms with Crippen LogP contribution >= 0.6 is 11.3 Å². The van der Waals surface area contributed by atoms with Crippen LogP contribution in [0, 0.1) is 5.92 Å². The van der Waals surface area contributed by atoms with Gasteiger partial charge in [-0.1, -0.05) is 12.1 Å². The first kappa shape index (κ1) is 20.7. The average Bonchev–Trinajstić information content (AvgIpc) is 3.45. The van der Waals surface area contributed by atoms with Gasteiger partial charge < -0.3 is 9.88 Å². The zero-order valence-electron chi connectivity index (χ0n) is 16.5. The molecule has 1 fully saturated rings. The maximum absolute atomic E-state index is 13.0. The average molecular weight is 446 g/mol. The number of hydrogen-bond acceptors (Lipinski definition) is 6. The molecule has 0 aliphatic carbocycles. The van der Waals surface area contributed by atoms with Gasteiger partial charge in [-0.15, -0.1) is 11.3 Å². The largest absolute Gasteiger partial charge is 0.343 e. The van der Waals surface area contributed by atoms with Gasteiger partial charge in [-0.25, -0.2) is 13.4 Å². The van der Waals surface area contributed by atoms with Crippen LogP contribution in [-0.2, 0) is 21.9 Å². The van der Waals surface area contributed by atoms with Crippen LogP contribution in [0.25, 0.3) is 0 Å². The summed E-state index contributed by atoms with van der Waals surface area (Å²) in [6.45, 7) is 0.592. The lowest BCUT2D eigenvalue weighted by atomic mass is 9.96. The summed E-state index contributed by atoms with van der Waals surface area (Å²) in [6.07, 6.45) is 5.61. The van der Waals surface area contributed by atoms with E-state index in [2.05, 4.69) is 15.3 Å². The van der Waals surface area contributed by atoms with Gasteiger partial charge in [0.1, 0.15) is 6.04 Å². The molecule has 4 heterocycles. The van der Waals surface area contributed by atoms with Crippen LogP contribution in [0.1, 0.15) is 29.5 Å². The van der Waals surface area contributed by atoms with Crippen LogP contribution in [0.4, 0.5) is 0 Å². The number of pyridine rings is 1. The van der Waals surface area contributed by atoms with E-state index in [9.17, 15) is 13.2 Å². The predicted molar refractivity (Wildman–Crippen MR) is 113 cm³/mol. The molecule has 3 aromatic heterocycles. The molecule has 30 heavy (non-hydrogen) atoms. The molecule has 0 bridgehead atoms. The first-order valence-electron chi connectivity index (χ1n) is 9.68. The Labute approximate surface area is 179 Å². The molecule has 1 N–H and O–H groups in total. The Balaban J connectivity index is 1.42. The lowest BCUT2D eigenvalue weighted by Crippen LogP contribution is -2.43. The number of sulfonamides is 1. The van der Waals surface area contributed by atoms with Crippen molar-refractivity contribution in [2.45, 2.75) is 23.9 Å². The number of piperidine rings is 1. The van der Waals surface area contributed by atoms with Gasteiger partial charge in [-0.05, 0) is 36.4 Å². The summed E-state index contributed by atoms with van der Waals surface area (Å²) < 4.78 is 28.5. The minimum atomic E-state index is -3.63. The molecule has 0 radical (unpaired) electrons. The number of nitrogens with zero attached hydrogens (tertiary/aromatic N) is 4. The minimum Gasteiger partial charge on any atom is -0.343 e. The Morgan fingerprint density at radius 3 is 2.60 bits per heavy atom. The highest BCUT2D eigenvalue weighted by atomic mass is 32.2. The molecule has 158 valence electrons. The van der Waals surface area contributed by atoms with Gasteiger partial charge in [0.15, 0.2) is 5.03 Å². The second kappa shape index (κ2) is 8.66. The summed E-state index contributed by atoms with van der Waals surface area (Å²) in [5.74, 6) is -0.319. The fraction of sp³-hybridized carbons (Fsp3) is 0.350. The summed E-state index contributed by atoms with van der Waals surface area (Å²) in [5, 5.41) is 5.13. The number of carbonyl (C=O) groups excluding carboxylic acids is 1. The van der Waals surface area contributed by atoms with Crippen molar-refractivity contribution in [2.75, 3.05) is 13.1 Å². The van der Waals surface area contributed by atoms with Crippen molar-refractivity contribution in [3.8, 4) is 0 Å². The molecule has 1 amide bonds. The second-order valence-electron chi connectivity index (χ2n) is 7.27. The smallest absolute Gasteiger partial charge is 0.262 e. The van der Waals surface area contributed by atoms with Crippen LogP contribution in [0.5, 0.6) is 0 Å². The summed E-state index contributed by atoms with van der Waals surface area (Å²) in [7, 11) is -1.90. The van der Waals surface area contributed by atoms with Gasteiger partial charge >= 0.3 is 0 Å². The predicted octanol–water partition coefficient (Wildman–Crippen LogP) is 2.18. The molecule has 1 aliphatic rings. The molecule has 4 rings (SSSR count). The second-order valence-corrected chi connectivity index (χ2v) is 10.1. The Kier molecular flexibility index (Phi) is 5.98. The van der Waals surface area contributed by atoms with Gasteiger partial charge in [-0.3, -0.25) is 9.78 Å². The van der Waals surface area contributed by atoms with Crippen LogP contribution in [0.15, 0.2) is 59.5 Å². The van der Waals surface area contributed by atoms with Crippen LogP contribution in [0.2, 0.25) is 0 Å². The zero-order valence-corrected chi connectivity index (χ0v) is 18.1. The number of hydrogen-bond donors (Lipinski definition) is 1. The highest BCUT2D eigenvalue weighted by Crippen LogP contribution is 2.27. The quantitative estimate of drug-likeness (QED) is 0.627. The van der Waals surface area contributed by atoms with Crippen LogP contribution in [-0.4, -0.2) is 46.3 Å². The van der Waals surface area contributed by atoms with E-state index in [-0.39, 0.29) is 22.9 Å². The van der Waals surface area contributed by atoms with Gasteiger partial charge in [-0.2, -0.15) is 4.31 Å². The van der Waals surface area contributed by atoms with E-state index in [4.69, 9.17) is 0 Å². The first-order valence-corrected chi connectivity index (χ1v) is 12.0. The van der Waals surface area contributed by atoms with Crippen LogP contribution in [0.3, 0.4) is 0 Å². The van der Waals surface area contributed by atoms with Gasteiger partial charge in [0.05, 0.1) is 12.0 Å². The van der Waals surface area contributed by atoms with Crippen molar-refractivity contribution in [1.82, 2.24) is 24.2 Å². The standard InChI is InChI=1S/C20H23N5O3S2/c1-24-13-18(22-14-24)30(27,28)25-10-7-15(8-11-25)20(26)23-19(17-6-4-12-29-17)16-5-2-3-9-21-16/h2-6,9,12-15,19H,7-8,10-11H2,1H3,(H,23,26). The van der Waals surface area contributed by atoms with E-state index in [0.29, 0.717) is 25.9 Å². The molecular formula is C20H23N5O3S2. The van der Waals surface area contributed by atoms with E-state index < -0.39 is 10.0 Å². The van der Waals surface area contributed by atoms with E-state index in [0.717, 1.165) is 10.6 Å². The molecule has 0 saturated carbocycles. The fourth-order valence-electron chi connectivity index (χ4n) is 3.57. The van der Waals surface area contributed by atoms with Gasteiger partial charge in [0.25, 0.3) is 10.0 Å². The Bertz CT molecular complexity index is 1090. The highest BCUT2D eigenvalue weighted by Gasteiger charge is 2.34. The van der Waals surface area contributed by atoms with Crippen molar-refractivity contribution in [2.24, 2.45) is 13.0 Å². The van der Waals surface area contributed by atoms with Gasteiger partial charge in [0.2, 0.25) is 5.91 Å². The third-order valence-corrected chi connectivity index (χ3v) is 7.93. The highest BCUT2D eigenvalue weighted by molar-refractivity contribution is 7.89. The number of thiophene rings is 1. The molecule has 3 aromatic rings. The summed E-state index contributed by atoms with van der Waals surface area (Å²) >= 11 is 1.57. The monoisotopic (exact) mass is 445 g/mol. The normalized spacial score (nSPS) is 17.0. The maximum Gasteiger partial charge on any atom is 0.262 e. The number of nitrogens with one attached hydrogen (secondary N) is 1. The van der Waals surface area contributed by atoms with Crippen molar-refractivity contribution in [3.05, 3.63) is 65.0 Å². The summed E-state index contributed by atoms with van der Waals surface area (Å²) in [5.41, 5.74) is 0.781. The molecule has 1 unspecified atom stereocenters. The molecule has 8 nitrogen and oxygen atoms in total. The number of rotatable bonds is 6. The number of imidazole rings is 1. The first-order chi connectivity index (χ1) is 14.4. The Morgan fingerprint density at radius 1 is 1.20 bits per heavy atom. The number of carbonyl (C=O) groups is 1. The SMILES string of the molecule is Cn1cnc(S(=O)(=O)N2CCC(C(=O)NC(c3ccccn3)c3cccs3)CC2)c1. The molecule has 1 saturated heterocycles. The molecule has 0 spiro atoms. The van der Waals surface area contributed by atoms with Crippen molar-refractivity contribution in [3.63, 3.8) is 0 Å². The van der Waals surface area contributed by atoms with Crippen LogP contribution < -0.4 is 5.32 Å². The van der Waals surface area contributed by atoms with E-state index in [1.54, 1.807) is 29.1 Å². The van der Waals surface area contributed by atoms with Crippen molar-refractivity contribution < 1.29 is 13.2 Å². The molecule has 10 heteroatoms. The topological polar surface area (TPSA) is 97.2 Å². The van der Waals surface area contributed by atoms with Gasteiger partial charge in [0, 0.05) is 43.3 Å². The third-order valence-electron chi connectivity index (χ3n) is 5.21. The fourth-order valence-corrected chi connectivity index (χ4v) is 5.79. The lowest BCUT2D eigenvalue weighted by Gasteiger charge is -2.30. The Hall–Kier alpha value is -2.56. The summed E-state index contributed by atoms with van der Waals surface area (Å²) in [4.78, 5) is 22.4. The van der Waals surface area contributed by atoms with E-state index in [1.807, 2.05) is 35.7 Å². The molecule has 1 atom stereocenters.